The molecule has 0 heterocycles. The molecule has 1 unspecified atom stereocenters. The molecule has 4 heteroatoms. The molecule has 0 aliphatic rings. The summed E-state index contributed by atoms with van der Waals surface area (Å²) in [4.78, 5) is 22.3. The number of nitrogens with one attached hydrogen (secondary N) is 1. The molecule has 2 N–H and O–H groups in total. The van der Waals surface area contributed by atoms with Crippen LogP contribution in [-0.2, 0) is 9.59 Å². The Labute approximate surface area is 107 Å². The molecule has 0 saturated heterocycles. The molecule has 0 aliphatic carbocycles. The molecule has 1 rings (SSSR count). The Hall–Kier alpha value is -1.84. The Morgan fingerprint density at radius 2 is 1.89 bits per heavy atom. The van der Waals surface area contributed by atoms with Crippen molar-refractivity contribution >= 4 is 11.9 Å². The van der Waals surface area contributed by atoms with Crippen LogP contribution in [0.2, 0.25) is 0 Å². The lowest BCUT2D eigenvalue weighted by molar-refractivity contribution is -0.141. The van der Waals surface area contributed by atoms with Crippen LogP contribution in [0, 0.1) is 6.92 Å². The third kappa shape index (κ3) is 3.87. The topological polar surface area (TPSA) is 66.4 Å². The number of benzene rings is 1. The Morgan fingerprint density at radius 3 is 2.44 bits per heavy atom. The van der Waals surface area contributed by atoms with Crippen molar-refractivity contribution in [3.63, 3.8) is 0 Å². The fourth-order valence-corrected chi connectivity index (χ4v) is 1.89. The lowest BCUT2D eigenvalue weighted by Gasteiger charge is -2.15. The van der Waals surface area contributed by atoms with Crippen molar-refractivity contribution in [3.8, 4) is 0 Å². The second kappa shape index (κ2) is 6.19. The number of aryl methyl sites for hydroxylation is 1. The van der Waals surface area contributed by atoms with Gasteiger partial charge in [0.1, 0.15) is 6.04 Å². The molecule has 0 saturated carbocycles. The van der Waals surface area contributed by atoms with E-state index >= 15 is 0 Å². The summed E-state index contributed by atoms with van der Waals surface area (Å²) in [5.74, 6) is -1.18. The quantitative estimate of drug-likeness (QED) is 0.839. The molecule has 1 aromatic carbocycles. The summed E-state index contributed by atoms with van der Waals surface area (Å²) < 4.78 is 0. The Kier molecular flexibility index (Phi) is 4.89. The molecule has 0 aromatic heterocycles. The predicted octanol–water partition coefficient (Wildman–Crippen LogP) is 2.08. The van der Waals surface area contributed by atoms with Gasteiger partial charge in [0.25, 0.3) is 0 Å². The molecule has 1 aromatic rings. The Balaban J connectivity index is 2.60. The molecular formula is C14H19NO3. The molecule has 0 radical (unpaired) electrons. The van der Waals surface area contributed by atoms with Crippen LogP contribution in [0.3, 0.4) is 0 Å². The third-order valence-electron chi connectivity index (χ3n) is 2.96. The average molecular weight is 249 g/mol. The number of carboxylic acids is 1. The maximum absolute atomic E-state index is 11.7. The number of amides is 1. The summed E-state index contributed by atoms with van der Waals surface area (Å²) in [6.45, 7) is 5.43. The van der Waals surface area contributed by atoms with Crippen LogP contribution in [0.4, 0.5) is 0 Å². The molecule has 98 valence electrons. The van der Waals surface area contributed by atoms with Crippen molar-refractivity contribution in [2.24, 2.45) is 0 Å². The summed E-state index contributed by atoms with van der Waals surface area (Å²) >= 11 is 0. The Morgan fingerprint density at radius 1 is 1.28 bits per heavy atom. The van der Waals surface area contributed by atoms with Crippen molar-refractivity contribution in [2.75, 3.05) is 0 Å². The molecular weight excluding hydrogens is 230 g/mol. The largest absolute Gasteiger partial charge is 0.480 e. The highest BCUT2D eigenvalue weighted by molar-refractivity contribution is 5.83. The van der Waals surface area contributed by atoms with E-state index in [0.29, 0.717) is 6.42 Å². The first kappa shape index (κ1) is 14.2. The zero-order chi connectivity index (χ0) is 13.7. The molecule has 4 nitrogen and oxygen atoms in total. The van der Waals surface area contributed by atoms with E-state index in [1.807, 2.05) is 38.1 Å². The van der Waals surface area contributed by atoms with Crippen LogP contribution < -0.4 is 5.32 Å². The van der Waals surface area contributed by atoms with Crippen molar-refractivity contribution in [1.82, 2.24) is 5.32 Å². The number of carbonyl (C=O) groups excluding carboxylic acids is 1. The van der Waals surface area contributed by atoms with E-state index in [9.17, 15) is 9.59 Å². The summed E-state index contributed by atoms with van der Waals surface area (Å²) in [6.07, 6.45) is 0.294. The fraction of sp³-hybridized carbons (Fsp3) is 0.429. The molecule has 2 atom stereocenters. The van der Waals surface area contributed by atoms with Gasteiger partial charge in [-0.3, -0.25) is 9.59 Å². The van der Waals surface area contributed by atoms with E-state index in [1.165, 1.54) is 6.92 Å². The van der Waals surface area contributed by atoms with E-state index in [1.54, 1.807) is 0 Å². The smallest absolute Gasteiger partial charge is 0.325 e. The number of carbonyl (C=O) groups is 2. The lowest BCUT2D eigenvalue weighted by Crippen LogP contribution is -2.38. The normalized spacial score (nSPS) is 13.7. The van der Waals surface area contributed by atoms with Gasteiger partial charge in [0, 0.05) is 6.42 Å². The number of hydrogen-bond acceptors (Lipinski definition) is 2. The van der Waals surface area contributed by atoms with Gasteiger partial charge < -0.3 is 10.4 Å². The minimum absolute atomic E-state index is 0.0761. The highest BCUT2D eigenvalue weighted by atomic mass is 16.4. The van der Waals surface area contributed by atoms with Gasteiger partial charge in [-0.15, -0.1) is 0 Å². The first-order valence-corrected chi connectivity index (χ1v) is 5.99. The monoisotopic (exact) mass is 249 g/mol. The standard InChI is InChI=1S/C14H19NO3/c1-9-6-4-5-7-12(9)10(2)8-13(16)15-11(3)14(17)18/h4-7,10-11H,8H2,1-3H3,(H,15,16)(H,17,18)/t10?,11-/m1/s1. The van der Waals surface area contributed by atoms with Crippen molar-refractivity contribution < 1.29 is 14.7 Å². The zero-order valence-corrected chi connectivity index (χ0v) is 10.9. The number of rotatable bonds is 5. The van der Waals surface area contributed by atoms with E-state index < -0.39 is 12.0 Å². The summed E-state index contributed by atoms with van der Waals surface area (Å²) in [7, 11) is 0. The van der Waals surface area contributed by atoms with Crippen molar-refractivity contribution in [1.29, 1.82) is 0 Å². The van der Waals surface area contributed by atoms with Gasteiger partial charge in [-0.1, -0.05) is 31.2 Å². The van der Waals surface area contributed by atoms with Crippen molar-refractivity contribution in [2.45, 2.75) is 39.2 Å². The first-order valence-electron chi connectivity index (χ1n) is 5.99. The van der Waals surface area contributed by atoms with E-state index in [2.05, 4.69) is 5.32 Å². The summed E-state index contributed by atoms with van der Waals surface area (Å²) in [6, 6.07) is 7.05. The molecule has 0 bridgehead atoms. The summed E-state index contributed by atoms with van der Waals surface area (Å²) in [5.41, 5.74) is 2.26. The van der Waals surface area contributed by atoms with Crippen LogP contribution in [-0.4, -0.2) is 23.0 Å². The van der Waals surface area contributed by atoms with Crippen LogP contribution in [0.5, 0.6) is 0 Å². The van der Waals surface area contributed by atoms with Gasteiger partial charge >= 0.3 is 5.97 Å². The van der Waals surface area contributed by atoms with Crippen LogP contribution in [0.1, 0.15) is 37.3 Å². The third-order valence-corrected chi connectivity index (χ3v) is 2.96. The van der Waals surface area contributed by atoms with Gasteiger partial charge in [-0.05, 0) is 30.9 Å². The van der Waals surface area contributed by atoms with E-state index in [0.717, 1.165) is 11.1 Å². The maximum Gasteiger partial charge on any atom is 0.325 e. The minimum Gasteiger partial charge on any atom is -0.480 e. The van der Waals surface area contributed by atoms with E-state index in [-0.39, 0.29) is 11.8 Å². The first-order chi connectivity index (χ1) is 8.41. The van der Waals surface area contributed by atoms with Gasteiger partial charge in [-0.2, -0.15) is 0 Å². The van der Waals surface area contributed by atoms with Gasteiger partial charge in [0.05, 0.1) is 0 Å². The zero-order valence-electron chi connectivity index (χ0n) is 10.9. The number of carboxylic acid groups (broad SMARTS) is 1. The molecule has 0 spiro atoms. The van der Waals surface area contributed by atoms with Crippen LogP contribution in [0.15, 0.2) is 24.3 Å². The number of aliphatic carboxylic acids is 1. The van der Waals surface area contributed by atoms with Gasteiger partial charge in [-0.25, -0.2) is 0 Å². The van der Waals surface area contributed by atoms with Crippen LogP contribution in [0.25, 0.3) is 0 Å². The van der Waals surface area contributed by atoms with Gasteiger partial charge in [0.15, 0.2) is 0 Å². The molecule has 18 heavy (non-hydrogen) atoms. The fourth-order valence-electron chi connectivity index (χ4n) is 1.89. The molecule has 0 aliphatic heterocycles. The SMILES string of the molecule is Cc1ccccc1C(C)CC(=O)N[C@H](C)C(=O)O. The minimum atomic E-state index is -1.02. The van der Waals surface area contributed by atoms with Crippen molar-refractivity contribution in [3.05, 3.63) is 35.4 Å². The van der Waals surface area contributed by atoms with Gasteiger partial charge in [0.2, 0.25) is 5.91 Å². The predicted molar refractivity (Wildman–Crippen MR) is 69.5 cm³/mol. The average Bonchev–Trinajstić information content (AvgIpc) is 2.28. The second-order valence-corrected chi connectivity index (χ2v) is 4.59. The Bertz CT molecular complexity index is 442. The molecule has 0 fully saturated rings. The highest BCUT2D eigenvalue weighted by Crippen LogP contribution is 2.22. The second-order valence-electron chi connectivity index (χ2n) is 4.59. The van der Waals surface area contributed by atoms with E-state index in [4.69, 9.17) is 5.11 Å². The van der Waals surface area contributed by atoms with Crippen LogP contribution >= 0.6 is 0 Å². The number of hydrogen-bond donors (Lipinski definition) is 2. The lowest BCUT2D eigenvalue weighted by atomic mass is 9.93. The highest BCUT2D eigenvalue weighted by Gasteiger charge is 2.17. The molecule has 1 amide bonds. The maximum atomic E-state index is 11.7. The summed E-state index contributed by atoms with van der Waals surface area (Å²) in [5, 5.41) is 11.2.